The van der Waals surface area contributed by atoms with Gasteiger partial charge in [-0.1, -0.05) is 30.3 Å². The van der Waals surface area contributed by atoms with Gasteiger partial charge in [0.2, 0.25) is 0 Å². The fourth-order valence-corrected chi connectivity index (χ4v) is 1.93. The highest BCUT2D eigenvalue weighted by Crippen LogP contribution is 2.15. The number of nitrogens with one attached hydrogen (secondary N) is 1. The second kappa shape index (κ2) is 6.17. The summed E-state index contributed by atoms with van der Waals surface area (Å²) in [7, 11) is 0. The van der Waals surface area contributed by atoms with Crippen molar-refractivity contribution in [2.45, 2.75) is 13.0 Å². The number of carbonyl (C=O) groups excluding carboxylic acids is 1. The topological polar surface area (TPSA) is 66.4 Å². The first-order valence-electron chi connectivity index (χ1n) is 6.34. The van der Waals surface area contributed by atoms with E-state index in [1.165, 1.54) is 25.1 Å². The molecule has 0 heterocycles. The Labute approximate surface area is 121 Å². The quantitative estimate of drug-likeness (QED) is 0.908. The molecular formula is C16H14FNO3. The molecule has 0 saturated carbocycles. The molecule has 0 spiro atoms. The normalized spacial score (nSPS) is 11.7. The summed E-state index contributed by atoms with van der Waals surface area (Å²) in [6.07, 6.45) is 0. The maximum absolute atomic E-state index is 13.2. The third-order valence-corrected chi connectivity index (χ3v) is 3.08. The lowest BCUT2D eigenvalue weighted by Crippen LogP contribution is -2.33. The van der Waals surface area contributed by atoms with Crippen molar-refractivity contribution in [2.75, 3.05) is 0 Å². The third kappa shape index (κ3) is 3.45. The number of carboxylic acid groups (broad SMARTS) is 1. The highest BCUT2D eigenvalue weighted by atomic mass is 19.1. The van der Waals surface area contributed by atoms with Crippen molar-refractivity contribution in [1.29, 1.82) is 0 Å². The molecule has 0 aliphatic carbocycles. The lowest BCUT2D eigenvalue weighted by Gasteiger charge is -2.15. The zero-order chi connectivity index (χ0) is 15.4. The average molecular weight is 287 g/mol. The number of hydrogen-bond donors (Lipinski definition) is 2. The van der Waals surface area contributed by atoms with Gasteiger partial charge in [0.15, 0.2) is 6.04 Å². The summed E-state index contributed by atoms with van der Waals surface area (Å²) in [5.41, 5.74) is 1.02. The standard InChI is InChI=1S/C16H14FNO3/c1-10-9-12(7-8-13(10)17)15(19)18-14(16(20)21)11-5-3-2-4-6-11/h2-9,14H,1H3,(H,18,19)(H,20,21)/t14-/m1/s1. The van der Waals surface area contributed by atoms with Crippen LogP contribution in [0.5, 0.6) is 0 Å². The summed E-state index contributed by atoms with van der Waals surface area (Å²) in [5, 5.41) is 11.7. The second-order valence-corrected chi connectivity index (χ2v) is 4.62. The van der Waals surface area contributed by atoms with Gasteiger partial charge < -0.3 is 10.4 Å². The predicted octanol–water partition coefficient (Wildman–Crippen LogP) is 2.69. The molecule has 2 aromatic rings. The molecule has 0 fully saturated rings. The molecule has 1 amide bonds. The van der Waals surface area contributed by atoms with Crippen LogP contribution in [0.1, 0.15) is 27.5 Å². The van der Waals surface area contributed by atoms with E-state index < -0.39 is 23.7 Å². The van der Waals surface area contributed by atoms with Crippen LogP contribution in [0, 0.1) is 12.7 Å². The Morgan fingerprint density at radius 3 is 2.38 bits per heavy atom. The van der Waals surface area contributed by atoms with Crippen LogP contribution in [-0.2, 0) is 4.79 Å². The lowest BCUT2D eigenvalue weighted by molar-refractivity contribution is -0.139. The summed E-state index contributed by atoms with van der Waals surface area (Å²) in [5.74, 6) is -2.13. The van der Waals surface area contributed by atoms with Crippen LogP contribution in [-0.4, -0.2) is 17.0 Å². The van der Waals surface area contributed by atoms with Gasteiger partial charge in [-0.3, -0.25) is 4.79 Å². The van der Waals surface area contributed by atoms with Crippen LogP contribution in [0.2, 0.25) is 0 Å². The molecule has 21 heavy (non-hydrogen) atoms. The Bertz CT molecular complexity index is 670. The molecule has 0 unspecified atom stereocenters. The minimum absolute atomic E-state index is 0.219. The maximum Gasteiger partial charge on any atom is 0.330 e. The number of rotatable bonds is 4. The van der Waals surface area contributed by atoms with E-state index in [0.717, 1.165) is 0 Å². The van der Waals surface area contributed by atoms with E-state index in [1.807, 2.05) is 0 Å². The van der Waals surface area contributed by atoms with Crippen molar-refractivity contribution in [3.05, 3.63) is 71.0 Å². The molecule has 0 aliphatic rings. The maximum atomic E-state index is 13.2. The zero-order valence-electron chi connectivity index (χ0n) is 11.3. The van der Waals surface area contributed by atoms with Crippen LogP contribution >= 0.6 is 0 Å². The molecular weight excluding hydrogens is 273 g/mol. The largest absolute Gasteiger partial charge is 0.479 e. The minimum atomic E-state index is -1.16. The number of carbonyl (C=O) groups is 2. The van der Waals surface area contributed by atoms with E-state index >= 15 is 0 Å². The van der Waals surface area contributed by atoms with Crippen molar-refractivity contribution in [3.8, 4) is 0 Å². The van der Waals surface area contributed by atoms with Gasteiger partial charge in [-0.15, -0.1) is 0 Å². The molecule has 0 bridgehead atoms. The van der Waals surface area contributed by atoms with Crippen LogP contribution in [0.15, 0.2) is 48.5 Å². The number of aryl methyl sites for hydroxylation is 1. The van der Waals surface area contributed by atoms with Crippen LogP contribution in [0.25, 0.3) is 0 Å². The van der Waals surface area contributed by atoms with E-state index in [0.29, 0.717) is 11.1 Å². The van der Waals surface area contributed by atoms with Gasteiger partial charge in [0.25, 0.3) is 5.91 Å². The molecule has 0 saturated heterocycles. The summed E-state index contributed by atoms with van der Waals surface area (Å²) < 4.78 is 13.2. The Hall–Kier alpha value is -2.69. The molecule has 0 aliphatic heterocycles. The Kier molecular flexibility index (Phi) is 4.33. The molecule has 0 radical (unpaired) electrons. The fraction of sp³-hybridized carbons (Fsp3) is 0.125. The highest BCUT2D eigenvalue weighted by Gasteiger charge is 2.22. The number of carboxylic acids is 1. The summed E-state index contributed by atoms with van der Waals surface area (Å²) in [6, 6.07) is 11.1. The second-order valence-electron chi connectivity index (χ2n) is 4.62. The first-order valence-corrected chi connectivity index (χ1v) is 6.34. The fourth-order valence-electron chi connectivity index (χ4n) is 1.93. The van der Waals surface area contributed by atoms with Crippen LogP contribution < -0.4 is 5.32 Å². The lowest BCUT2D eigenvalue weighted by atomic mass is 10.1. The molecule has 4 nitrogen and oxygen atoms in total. The molecule has 2 rings (SSSR count). The molecule has 1 atom stereocenters. The van der Waals surface area contributed by atoms with Gasteiger partial charge in [0.1, 0.15) is 5.82 Å². The Balaban J connectivity index is 2.23. The van der Waals surface area contributed by atoms with Gasteiger partial charge in [-0.25, -0.2) is 9.18 Å². The predicted molar refractivity (Wildman–Crippen MR) is 75.4 cm³/mol. The molecule has 2 aromatic carbocycles. The molecule has 2 N–H and O–H groups in total. The number of amides is 1. The van der Waals surface area contributed by atoms with Crippen LogP contribution in [0.4, 0.5) is 4.39 Å². The van der Waals surface area contributed by atoms with Gasteiger partial charge in [0, 0.05) is 5.56 Å². The number of hydrogen-bond acceptors (Lipinski definition) is 2. The van der Waals surface area contributed by atoms with Crippen molar-refractivity contribution in [2.24, 2.45) is 0 Å². The van der Waals surface area contributed by atoms with Crippen molar-refractivity contribution in [3.63, 3.8) is 0 Å². The summed E-state index contributed by atoms with van der Waals surface area (Å²) in [4.78, 5) is 23.4. The van der Waals surface area contributed by atoms with Gasteiger partial charge in [-0.2, -0.15) is 0 Å². The van der Waals surface area contributed by atoms with E-state index in [4.69, 9.17) is 0 Å². The highest BCUT2D eigenvalue weighted by molar-refractivity contribution is 5.97. The first kappa shape index (κ1) is 14.7. The molecule has 0 aromatic heterocycles. The average Bonchev–Trinajstić information content (AvgIpc) is 2.48. The summed E-state index contributed by atoms with van der Waals surface area (Å²) >= 11 is 0. The van der Waals surface area contributed by atoms with E-state index in [2.05, 4.69) is 5.32 Å². The van der Waals surface area contributed by atoms with Crippen LogP contribution in [0.3, 0.4) is 0 Å². The minimum Gasteiger partial charge on any atom is -0.479 e. The van der Waals surface area contributed by atoms with Gasteiger partial charge >= 0.3 is 5.97 Å². The number of benzene rings is 2. The smallest absolute Gasteiger partial charge is 0.330 e. The zero-order valence-corrected chi connectivity index (χ0v) is 11.3. The van der Waals surface area contributed by atoms with Crippen molar-refractivity contribution < 1.29 is 19.1 Å². The SMILES string of the molecule is Cc1cc(C(=O)N[C@@H](C(=O)O)c2ccccc2)ccc1F. The Morgan fingerprint density at radius 1 is 1.14 bits per heavy atom. The van der Waals surface area contributed by atoms with E-state index in [1.54, 1.807) is 30.3 Å². The van der Waals surface area contributed by atoms with E-state index in [9.17, 15) is 19.1 Å². The molecule has 108 valence electrons. The Morgan fingerprint density at radius 2 is 1.81 bits per heavy atom. The van der Waals surface area contributed by atoms with Gasteiger partial charge in [0.05, 0.1) is 0 Å². The number of aliphatic carboxylic acids is 1. The molecule has 5 heteroatoms. The first-order chi connectivity index (χ1) is 9.99. The monoisotopic (exact) mass is 287 g/mol. The number of halogens is 1. The summed E-state index contributed by atoms with van der Waals surface area (Å²) in [6.45, 7) is 1.54. The van der Waals surface area contributed by atoms with Gasteiger partial charge in [-0.05, 0) is 36.2 Å². The van der Waals surface area contributed by atoms with E-state index in [-0.39, 0.29) is 5.56 Å². The van der Waals surface area contributed by atoms with Crippen molar-refractivity contribution >= 4 is 11.9 Å². The van der Waals surface area contributed by atoms with Crippen molar-refractivity contribution in [1.82, 2.24) is 5.32 Å². The third-order valence-electron chi connectivity index (χ3n) is 3.08.